The molecule has 0 amide bonds. The predicted octanol–water partition coefficient (Wildman–Crippen LogP) is 3.46. The van der Waals surface area contributed by atoms with Gasteiger partial charge in [0.15, 0.2) is 0 Å². The Morgan fingerprint density at radius 1 is 1.11 bits per heavy atom. The van der Waals surface area contributed by atoms with Crippen LogP contribution in [-0.2, 0) is 6.42 Å². The highest BCUT2D eigenvalue weighted by Gasteiger charge is 2.08. The minimum Gasteiger partial charge on any atom is -0.492 e. The smallest absolute Gasteiger partial charge is 0.144 e. The number of benzene rings is 2. The van der Waals surface area contributed by atoms with Gasteiger partial charge in [-0.3, -0.25) is 0 Å². The minimum atomic E-state index is -0.606. The van der Waals surface area contributed by atoms with Crippen LogP contribution < -0.4 is 4.74 Å². The second kappa shape index (κ2) is 5.96. The molecule has 19 heavy (non-hydrogen) atoms. The fourth-order valence-corrected chi connectivity index (χ4v) is 1.70. The van der Waals surface area contributed by atoms with Crippen LogP contribution in [0.3, 0.4) is 0 Å². The van der Waals surface area contributed by atoms with E-state index in [1.807, 2.05) is 0 Å². The first-order valence-electron chi connectivity index (χ1n) is 5.76. The number of hydrogen-bond acceptors (Lipinski definition) is 2. The van der Waals surface area contributed by atoms with Crippen molar-refractivity contribution in [3.63, 3.8) is 0 Å². The van der Waals surface area contributed by atoms with Crippen LogP contribution in [0.4, 0.5) is 8.78 Å². The van der Waals surface area contributed by atoms with Crippen LogP contribution in [0.2, 0.25) is 0 Å². The summed E-state index contributed by atoms with van der Waals surface area (Å²) in [5.41, 5.74) is 0.677. The van der Waals surface area contributed by atoms with Crippen LogP contribution in [-0.4, -0.2) is 6.61 Å². The van der Waals surface area contributed by atoms with Crippen LogP contribution in [0.5, 0.6) is 5.75 Å². The van der Waals surface area contributed by atoms with E-state index < -0.39 is 5.82 Å². The molecule has 0 bridgehead atoms. The SMILES string of the molecule is N#Cc1c(F)cccc1OCCc1cccc(F)c1. The number of nitriles is 1. The molecule has 96 valence electrons. The Morgan fingerprint density at radius 3 is 2.63 bits per heavy atom. The monoisotopic (exact) mass is 259 g/mol. The van der Waals surface area contributed by atoms with E-state index in [1.54, 1.807) is 18.2 Å². The third kappa shape index (κ3) is 3.29. The lowest BCUT2D eigenvalue weighted by Gasteiger charge is -2.08. The van der Waals surface area contributed by atoms with Crippen molar-refractivity contribution in [2.45, 2.75) is 6.42 Å². The molecule has 0 aliphatic rings. The Balaban J connectivity index is 2.00. The zero-order valence-electron chi connectivity index (χ0n) is 10.1. The van der Waals surface area contributed by atoms with Crippen molar-refractivity contribution in [2.24, 2.45) is 0 Å². The molecule has 0 aromatic heterocycles. The third-order valence-electron chi connectivity index (χ3n) is 2.62. The number of nitrogens with zero attached hydrogens (tertiary/aromatic N) is 1. The van der Waals surface area contributed by atoms with Crippen LogP contribution >= 0.6 is 0 Å². The van der Waals surface area contributed by atoms with Crippen LogP contribution in [0.25, 0.3) is 0 Å². The summed E-state index contributed by atoms with van der Waals surface area (Å²) >= 11 is 0. The summed E-state index contributed by atoms with van der Waals surface area (Å²) in [7, 11) is 0. The summed E-state index contributed by atoms with van der Waals surface area (Å²) in [6.45, 7) is 0.252. The summed E-state index contributed by atoms with van der Waals surface area (Å²) < 4.78 is 31.6. The average Bonchev–Trinajstić information content (AvgIpc) is 2.39. The van der Waals surface area contributed by atoms with Gasteiger partial charge in [0, 0.05) is 6.42 Å². The second-order valence-corrected chi connectivity index (χ2v) is 3.95. The largest absolute Gasteiger partial charge is 0.492 e. The summed E-state index contributed by atoms with van der Waals surface area (Å²) in [4.78, 5) is 0. The first kappa shape index (κ1) is 13.0. The molecule has 0 spiro atoms. The van der Waals surface area contributed by atoms with E-state index in [1.165, 1.54) is 30.3 Å². The second-order valence-electron chi connectivity index (χ2n) is 3.95. The van der Waals surface area contributed by atoms with Gasteiger partial charge in [0.1, 0.15) is 29.0 Å². The molecule has 4 heteroatoms. The van der Waals surface area contributed by atoms with E-state index in [0.717, 1.165) is 5.56 Å². The molecule has 0 fully saturated rings. The van der Waals surface area contributed by atoms with Crippen LogP contribution in [0.1, 0.15) is 11.1 Å². The van der Waals surface area contributed by atoms with Gasteiger partial charge in [0.2, 0.25) is 0 Å². The molecule has 0 N–H and O–H groups in total. The quantitative estimate of drug-likeness (QED) is 0.842. The van der Waals surface area contributed by atoms with E-state index >= 15 is 0 Å². The molecular weight excluding hydrogens is 248 g/mol. The highest BCUT2D eigenvalue weighted by Crippen LogP contribution is 2.20. The highest BCUT2D eigenvalue weighted by atomic mass is 19.1. The predicted molar refractivity (Wildman–Crippen MR) is 66.7 cm³/mol. The number of ether oxygens (including phenoxy) is 1. The average molecular weight is 259 g/mol. The lowest BCUT2D eigenvalue weighted by molar-refractivity contribution is 0.319. The Labute approximate surface area is 109 Å². The van der Waals surface area contributed by atoms with Crippen molar-refractivity contribution in [1.29, 1.82) is 5.26 Å². The van der Waals surface area contributed by atoms with Crippen LogP contribution in [0.15, 0.2) is 42.5 Å². The maximum absolute atomic E-state index is 13.3. The zero-order valence-corrected chi connectivity index (χ0v) is 10.1. The molecular formula is C15H11F2NO. The van der Waals surface area contributed by atoms with Gasteiger partial charge in [0.05, 0.1) is 6.61 Å². The van der Waals surface area contributed by atoms with Gasteiger partial charge in [-0.1, -0.05) is 18.2 Å². The first-order valence-corrected chi connectivity index (χ1v) is 5.76. The van der Waals surface area contributed by atoms with E-state index in [2.05, 4.69) is 0 Å². The van der Waals surface area contributed by atoms with Gasteiger partial charge in [-0.25, -0.2) is 8.78 Å². The maximum Gasteiger partial charge on any atom is 0.144 e. The highest BCUT2D eigenvalue weighted by molar-refractivity contribution is 5.43. The number of hydrogen-bond donors (Lipinski definition) is 0. The van der Waals surface area contributed by atoms with Gasteiger partial charge in [0.25, 0.3) is 0 Å². The molecule has 0 aliphatic heterocycles. The fraction of sp³-hybridized carbons (Fsp3) is 0.133. The summed E-state index contributed by atoms with van der Waals surface area (Å²) in [5.74, 6) is -0.703. The number of rotatable bonds is 4. The third-order valence-corrected chi connectivity index (χ3v) is 2.62. The van der Waals surface area contributed by atoms with Crippen molar-refractivity contribution in [2.75, 3.05) is 6.61 Å². The number of halogens is 2. The Morgan fingerprint density at radius 2 is 1.89 bits per heavy atom. The normalized spacial score (nSPS) is 9.95. The fourth-order valence-electron chi connectivity index (χ4n) is 1.70. The van der Waals surface area contributed by atoms with E-state index in [4.69, 9.17) is 10.00 Å². The van der Waals surface area contributed by atoms with Gasteiger partial charge >= 0.3 is 0 Å². The maximum atomic E-state index is 13.3. The Bertz CT molecular complexity index is 620. The van der Waals surface area contributed by atoms with Crippen LogP contribution in [0, 0.1) is 23.0 Å². The molecule has 0 saturated carbocycles. The van der Waals surface area contributed by atoms with E-state index in [-0.39, 0.29) is 23.7 Å². The van der Waals surface area contributed by atoms with Crippen molar-refractivity contribution in [3.05, 3.63) is 65.2 Å². The lowest BCUT2D eigenvalue weighted by Crippen LogP contribution is -2.03. The van der Waals surface area contributed by atoms with Gasteiger partial charge in [-0.15, -0.1) is 0 Å². The summed E-state index contributed by atoms with van der Waals surface area (Å²) in [6.07, 6.45) is 0.485. The Hall–Kier alpha value is -2.41. The van der Waals surface area contributed by atoms with Crippen molar-refractivity contribution in [1.82, 2.24) is 0 Å². The minimum absolute atomic E-state index is 0.109. The Kier molecular flexibility index (Phi) is 4.09. The molecule has 0 saturated heterocycles. The van der Waals surface area contributed by atoms with Crippen molar-refractivity contribution in [3.8, 4) is 11.8 Å². The van der Waals surface area contributed by atoms with E-state index in [9.17, 15) is 8.78 Å². The van der Waals surface area contributed by atoms with Gasteiger partial charge in [-0.05, 0) is 29.8 Å². The zero-order chi connectivity index (χ0) is 13.7. The molecule has 2 aromatic rings. The molecule has 0 unspecified atom stereocenters. The topological polar surface area (TPSA) is 33.0 Å². The van der Waals surface area contributed by atoms with Crippen molar-refractivity contribution < 1.29 is 13.5 Å². The molecule has 2 nitrogen and oxygen atoms in total. The molecule has 0 atom stereocenters. The molecule has 0 aliphatic carbocycles. The van der Waals surface area contributed by atoms with Gasteiger partial charge < -0.3 is 4.74 Å². The van der Waals surface area contributed by atoms with E-state index in [0.29, 0.717) is 6.42 Å². The molecule has 2 rings (SSSR count). The summed E-state index contributed by atoms with van der Waals surface area (Å²) in [5, 5.41) is 8.83. The van der Waals surface area contributed by atoms with Gasteiger partial charge in [-0.2, -0.15) is 5.26 Å². The molecule has 0 heterocycles. The van der Waals surface area contributed by atoms with Crippen molar-refractivity contribution >= 4 is 0 Å². The standard InChI is InChI=1S/C15H11F2NO/c16-12-4-1-3-11(9-12)7-8-19-15-6-2-5-14(17)13(15)10-18/h1-6,9H,7-8H2. The first-order chi connectivity index (χ1) is 9.20. The lowest BCUT2D eigenvalue weighted by atomic mass is 10.1. The molecule has 2 aromatic carbocycles. The molecule has 0 radical (unpaired) electrons. The summed E-state index contributed by atoms with van der Waals surface area (Å²) in [6, 6.07) is 12.2.